The van der Waals surface area contributed by atoms with Crippen LogP contribution in [0, 0.1) is 0 Å². The maximum atomic E-state index is 11.9. The van der Waals surface area contributed by atoms with Crippen molar-refractivity contribution in [1.29, 1.82) is 0 Å². The van der Waals surface area contributed by atoms with Gasteiger partial charge in [0.2, 0.25) is 0 Å². The van der Waals surface area contributed by atoms with Gasteiger partial charge in [-0.3, -0.25) is 9.79 Å². The molecular formula is C14H15ClN2OS2. The van der Waals surface area contributed by atoms with Gasteiger partial charge in [0.1, 0.15) is 0 Å². The van der Waals surface area contributed by atoms with Crippen LogP contribution in [0.2, 0.25) is 4.34 Å². The highest BCUT2D eigenvalue weighted by molar-refractivity contribution is 8.18. The van der Waals surface area contributed by atoms with Crippen molar-refractivity contribution in [3.63, 3.8) is 0 Å². The van der Waals surface area contributed by atoms with Gasteiger partial charge >= 0.3 is 0 Å². The van der Waals surface area contributed by atoms with E-state index in [-0.39, 0.29) is 5.91 Å². The van der Waals surface area contributed by atoms with Crippen LogP contribution in [0.5, 0.6) is 0 Å². The largest absolute Gasteiger partial charge is 0.301 e. The molecule has 0 bridgehead atoms. The van der Waals surface area contributed by atoms with E-state index < -0.39 is 0 Å². The van der Waals surface area contributed by atoms with Crippen molar-refractivity contribution >= 4 is 51.9 Å². The van der Waals surface area contributed by atoms with Gasteiger partial charge in [-0.2, -0.15) is 0 Å². The van der Waals surface area contributed by atoms with Gasteiger partial charge in [0.05, 0.1) is 15.3 Å². The number of nitrogens with zero attached hydrogens (tertiary/aromatic N) is 1. The highest BCUT2D eigenvalue weighted by Crippen LogP contribution is 2.31. The molecule has 0 atom stereocenters. The second-order valence-electron chi connectivity index (χ2n) is 4.93. The summed E-state index contributed by atoms with van der Waals surface area (Å²) in [6.45, 7) is 0. The van der Waals surface area contributed by atoms with Gasteiger partial charge in [0.15, 0.2) is 5.17 Å². The lowest BCUT2D eigenvalue weighted by molar-refractivity contribution is -0.115. The summed E-state index contributed by atoms with van der Waals surface area (Å²) < 4.78 is 0.733. The molecule has 106 valence electrons. The van der Waals surface area contributed by atoms with E-state index in [2.05, 4.69) is 10.3 Å². The van der Waals surface area contributed by atoms with Crippen molar-refractivity contribution in [2.45, 2.75) is 38.1 Å². The smallest absolute Gasteiger partial charge is 0.264 e. The Bertz CT molecular complexity index is 573. The average molecular weight is 327 g/mol. The van der Waals surface area contributed by atoms with Gasteiger partial charge in [-0.05, 0) is 42.8 Å². The summed E-state index contributed by atoms with van der Waals surface area (Å²) in [6, 6.07) is 4.14. The van der Waals surface area contributed by atoms with Gasteiger partial charge in [0.25, 0.3) is 5.91 Å². The molecule has 1 aliphatic carbocycles. The summed E-state index contributed by atoms with van der Waals surface area (Å²) in [5, 5.41) is 3.60. The number of rotatable bonds is 2. The van der Waals surface area contributed by atoms with Crippen LogP contribution in [0.4, 0.5) is 0 Å². The molecule has 1 aromatic rings. The molecule has 1 saturated heterocycles. The van der Waals surface area contributed by atoms with Gasteiger partial charge in [-0.1, -0.05) is 30.9 Å². The van der Waals surface area contributed by atoms with E-state index in [0.29, 0.717) is 10.9 Å². The minimum absolute atomic E-state index is 0.0610. The zero-order valence-electron chi connectivity index (χ0n) is 10.9. The molecule has 0 radical (unpaired) electrons. The molecule has 3 rings (SSSR count). The summed E-state index contributed by atoms with van der Waals surface area (Å²) in [6.07, 6.45) is 7.96. The zero-order chi connectivity index (χ0) is 13.9. The number of hydrogen-bond acceptors (Lipinski definition) is 4. The normalized spacial score (nSPS) is 24.6. The molecular weight excluding hydrogens is 312 g/mol. The quantitative estimate of drug-likeness (QED) is 0.823. The van der Waals surface area contributed by atoms with Crippen LogP contribution >= 0.6 is 34.7 Å². The van der Waals surface area contributed by atoms with Crippen LogP contribution in [0.3, 0.4) is 0 Å². The topological polar surface area (TPSA) is 41.5 Å². The first-order valence-electron chi connectivity index (χ1n) is 6.75. The Morgan fingerprint density at radius 3 is 2.80 bits per heavy atom. The molecule has 1 aromatic heterocycles. The summed E-state index contributed by atoms with van der Waals surface area (Å²) in [5.74, 6) is -0.0610. The van der Waals surface area contributed by atoms with Crippen molar-refractivity contribution in [2.75, 3.05) is 0 Å². The zero-order valence-corrected chi connectivity index (χ0v) is 13.3. The van der Waals surface area contributed by atoms with Crippen LogP contribution in [-0.2, 0) is 4.79 Å². The Labute approximate surface area is 131 Å². The highest BCUT2D eigenvalue weighted by Gasteiger charge is 2.25. The van der Waals surface area contributed by atoms with Crippen LogP contribution in [0.25, 0.3) is 6.08 Å². The van der Waals surface area contributed by atoms with Gasteiger partial charge in [0, 0.05) is 4.88 Å². The second-order valence-corrected chi connectivity index (χ2v) is 7.71. The van der Waals surface area contributed by atoms with Crippen molar-refractivity contribution in [3.8, 4) is 0 Å². The fourth-order valence-electron chi connectivity index (χ4n) is 2.40. The second kappa shape index (κ2) is 6.33. The first kappa shape index (κ1) is 14.2. The number of thioether (sulfide) groups is 1. The Morgan fingerprint density at radius 1 is 1.30 bits per heavy atom. The van der Waals surface area contributed by atoms with Gasteiger partial charge < -0.3 is 5.32 Å². The number of thiophene rings is 1. The lowest BCUT2D eigenvalue weighted by atomic mass is 9.96. The highest BCUT2D eigenvalue weighted by atomic mass is 35.5. The third-order valence-corrected chi connectivity index (χ3v) is 5.49. The maximum Gasteiger partial charge on any atom is 0.264 e. The predicted molar refractivity (Wildman–Crippen MR) is 87.3 cm³/mol. The van der Waals surface area contributed by atoms with E-state index in [1.165, 1.54) is 42.4 Å². The third kappa shape index (κ3) is 3.45. The van der Waals surface area contributed by atoms with Crippen molar-refractivity contribution in [3.05, 3.63) is 26.3 Å². The van der Waals surface area contributed by atoms with E-state index in [4.69, 9.17) is 11.6 Å². The Hall–Kier alpha value is -0.780. The Kier molecular flexibility index (Phi) is 4.48. The lowest BCUT2D eigenvalue weighted by Crippen LogP contribution is -2.22. The first-order chi connectivity index (χ1) is 9.70. The molecule has 1 aliphatic heterocycles. The molecule has 2 aliphatic rings. The van der Waals surface area contributed by atoms with Gasteiger partial charge in [-0.15, -0.1) is 11.3 Å². The van der Waals surface area contributed by atoms with E-state index in [9.17, 15) is 4.79 Å². The van der Waals surface area contributed by atoms with E-state index in [1.54, 1.807) is 0 Å². The maximum absolute atomic E-state index is 11.9. The standard InChI is InChI=1S/C14H15ClN2OS2/c15-12-7-6-10(19-12)8-11-13(18)17-14(20-11)16-9-4-2-1-3-5-9/h6-9H,1-5H2,(H,16,17,18)/b11-8-. The number of amidine groups is 1. The molecule has 2 heterocycles. The lowest BCUT2D eigenvalue weighted by Gasteiger charge is -2.17. The molecule has 1 amide bonds. The van der Waals surface area contributed by atoms with E-state index >= 15 is 0 Å². The molecule has 0 aromatic carbocycles. The molecule has 1 saturated carbocycles. The van der Waals surface area contributed by atoms with E-state index in [0.717, 1.165) is 27.2 Å². The predicted octanol–water partition coefficient (Wildman–Crippen LogP) is 4.29. The number of halogens is 1. The van der Waals surface area contributed by atoms with Crippen molar-refractivity contribution in [2.24, 2.45) is 4.99 Å². The monoisotopic (exact) mass is 326 g/mol. The van der Waals surface area contributed by atoms with E-state index in [1.807, 2.05) is 18.2 Å². The van der Waals surface area contributed by atoms with Crippen molar-refractivity contribution in [1.82, 2.24) is 5.32 Å². The summed E-state index contributed by atoms with van der Waals surface area (Å²) in [5.41, 5.74) is 0. The Balaban J connectivity index is 1.71. The van der Waals surface area contributed by atoms with Gasteiger partial charge in [-0.25, -0.2) is 0 Å². The fourth-order valence-corrected chi connectivity index (χ4v) is 4.36. The minimum Gasteiger partial charge on any atom is -0.301 e. The number of amides is 1. The van der Waals surface area contributed by atoms with Crippen LogP contribution < -0.4 is 5.32 Å². The minimum atomic E-state index is -0.0610. The Morgan fingerprint density at radius 2 is 2.10 bits per heavy atom. The summed E-state index contributed by atoms with van der Waals surface area (Å²) in [7, 11) is 0. The SMILES string of the molecule is O=C1NC(=NC2CCCCC2)S/C1=C\c1ccc(Cl)s1. The first-order valence-corrected chi connectivity index (χ1v) is 8.76. The van der Waals surface area contributed by atoms with Crippen LogP contribution in [-0.4, -0.2) is 17.1 Å². The molecule has 0 unspecified atom stereocenters. The molecule has 3 nitrogen and oxygen atoms in total. The number of hydrogen-bond donors (Lipinski definition) is 1. The fraction of sp³-hybridized carbons (Fsp3) is 0.429. The number of carbonyl (C=O) groups is 1. The number of nitrogens with one attached hydrogen (secondary N) is 1. The molecule has 2 fully saturated rings. The average Bonchev–Trinajstić information content (AvgIpc) is 2.98. The molecule has 0 spiro atoms. The molecule has 6 heteroatoms. The summed E-state index contributed by atoms with van der Waals surface area (Å²) in [4.78, 5) is 18.3. The molecule has 20 heavy (non-hydrogen) atoms. The third-order valence-electron chi connectivity index (χ3n) is 3.39. The van der Waals surface area contributed by atoms with Crippen molar-refractivity contribution < 1.29 is 4.79 Å². The molecule has 1 N–H and O–H groups in total. The number of carbonyl (C=O) groups excluding carboxylic acids is 1. The van der Waals surface area contributed by atoms with Crippen LogP contribution in [0.1, 0.15) is 37.0 Å². The number of aliphatic imine (C=N–C) groups is 1. The van der Waals surface area contributed by atoms with Crippen LogP contribution in [0.15, 0.2) is 22.0 Å². The summed E-state index contributed by atoms with van der Waals surface area (Å²) >= 11 is 8.80.